The van der Waals surface area contributed by atoms with Crippen LogP contribution in [0.2, 0.25) is 0 Å². The Kier molecular flexibility index (Phi) is 16.9. The molecule has 2 aromatic rings. The largest absolute Gasteiger partial charge is 0.480 e. The molecule has 5 N–H and O–H groups in total. The quantitative estimate of drug-likeness (QED) is 0.0933. The molecule has 0 aromatic heterocycles. The van der Waals surface area contributed by atoms with E-state index in [4.69, 9.17) is 14.0 Å². The van der Waals surface area contributed by atoms with E-state index in [2.05, 4.69) is 16.0 Å². The monoisotopic (exact) mass is 732 g/mol. The molecular weight excluding hydrogens is 683 g/mol. The molecule has 1 aliphatic rings. The second-order valence-electron chi connectivity index (χ2n) is 12.2. The predicted octanol–water partition coefficient (Wildman–Crippen LogP) is 4.68. The second-order valence-corrected chi connectivity index (χ2v) is 14.2. The van der Waals surface area contributed by atoms with Crippen LogP contribution in [0, 0.1) is 0 Å². The van der Waals surface area contributed by atoms with E-state index in [1.165, 1.54) is 6.92 Å². The average molecular weight is 733 g/mol. The van der Waals surface area contributed by atoms with Gasteiger partial charge >= 0.3 is 25.8 Å². The molecule has 2 unspecified atom stereocenters. The zero-order valence-electron chi connectivity index (χ0n) is 29.0. The maximum absolute atomic E-state index is 13.6. The van der Waals surface area contributed by atoms with Crippen molar-refractivity contribution < 1.29 is 52.5 Å². The molecule has 1 aliphatic heterocycles. The smallest absolute Gasteiger partial charge is 0.408 e. The third-order valence-corrected chi connectivity index (χ3v) is 10.0. The number of ether oxygens (including phenoxy) is 2. The molecule has 0 aliphatic carbocycles. The summed E-state index contributed by atoms with van der Waals surface area (Å²) in [6.07, 6.45) is -0.292. The number of benzene rings is 2. The van der Waals surface area contributed by atoms with Crippen molar-refractivity contribution in [3.8, 4) is 0 Å². The zero-order chi connectivity index (χ0) is 37.2. The van der Waals surface area contributed by atoms with Gasteiger partial charge in [0.25, 0.3) is 5.91 Å². The van der Waals surface area contributed by atoms with E-state index in [0.29, 0.717) is 32.1 Å². The van der Waals surface area contributed by atoms with Gasteiger partial charge in [-0.25, -0.2) is 14.4 Å². The fraction of sp³-hybridized carbons (Fsp3) is 0.514. The standard InChI is InChI=1S/C35H49N4O11P/c1-3-4-20-30(51(46,47)50-25(2)32(41)39-22-13-19-29(39)33(42)43)38-31(40)28(37-35(45)49-24-27-16-9-6-10-17-27)18-11-12-21-36-34(44)48-23-26-14-7-5-8-15-26/h5-10,14-17,25,28-30H,3-4,11-13,18-24H2,1-2H3,(H,36,44)(H,37,45)(H,38,40)(H,42,43)(H,46,47)/t25?,28-,29-,30-/m0/s1. The van der Waals surface area contributed by atoms with Gasteiger partial charge in [0.2, 0.25) is 5.91 Å². The fourth-order valence-corrected chi connectivity index (χ4v) is 6.95. The molecular formula is C35H49N4O11P. The Morgan fingerprint density at radius 1 is 0.882 bits per heavy atom. The van der Waals surface area contributed by atoms with Gasteiger partial charge in [0.1, 0.15) is 37.2 Å². The highest BCUT2D eigenvalue weighted by molar-refractivity contribution is 7.53. The van der Waals surface area contributed by atoms with Crippen LogP contribution < -0.4 is 16.0 Å². The van der Waals surface area contributed by atoms with Gasteiger partial charge in [-0.15, -0.1) is 0 Å². The third-order valence-electron chi connectivity index (χ3n) is 8.23. The zero-order valence-corrected chi connectivity index (χ0v) is 29.9. The number of likely N-dealkylation sites (tertiary alicyclic amines) is 1. The van der Waals surface area contributed by atoms with Crippen molar-refractivity contribution >= 4 is 37.6 Å². The van der Waals surface area contributed by atoms with Gasteiger partial charge in [0, 0.05) is 13.1 Å². The summed E-state index contributed by atoms with van der Waals surface area (Å²) in [5.74, 6) is -4.12. The van der Waals surface area contributed by atoms with E-state index < -0.39 is 61.5 Å². The summed E-state index contributed by atoms with van der Waals surface area (Å²) in [5, 5.41) is 17.2. The summed E-state index contributed by atoms with van der Waals surface area (Å²) in [6, 6.07) is 15.9. The van der Waals surface area contributed by atoms with Crippen LogP contribution >= 0.6 is 7.60 Å². The second kappa shape index (κ2) is 21.0. The molecule has 1 fully saturated rings. The SMILES string of the molecule is CCCC[C@@H](NC(=O)[C@H](CCCCNC(=O)OCc1ccccc1)NC(=O)OCc1ccccc1)P(=O)(O)OC(C)C(=O)N1CCC[C@H]1C(=O)O. The maximum Gasteiger partial charge on any atom is 0.408 e. The molecule has 0 spiro atoms. The normalized spacial score (nSPS) is 16.9. The first kappa shape index (κ1) is 41.0. The number of carbonyl (C=O) groups excluding carboxylic acids is 4. The average Bonchev–Trinajstić information content (AvgIpc) is 3.62. The van der Waals surface area contributed by atoms with Crippen LogP contribution in [0.3, 0.4) is 0 Å². The van der Waals surface area contributed by atoms with Crippen LogP contribution in [-0.4, -0.2) is 81.9 Å². The molecule has 3 rings (SSSR count). The molecule has 0 radical (unpaired) electrons. The lowest BCUT2D eigenvalue weighted by molar-refractivity contribution is -0.151. The van der Waals surface area contributed by atoms with E-state index in [0.717, 1.165) is 16.0 Å². The Hall–Kier alpha value is -4.46. The minimum absolute atomic E-state index is 0.0264. The maximum atomic E-state index is 13.6. The lowest BCUT2D eigenvalue weighted by atomic mass is 10.1. The van der Waals surface area contributed by atoms with Crippen molar-refractivity contribution in [3.63, 3.8) is 0 Å². The van der Waals surface area contributed by atoms with Crippen LogP contribution in [0.4, 0.5) is 9.59 Å². The van der Waals surface area contributed by atoms with Gasteiger partial charge in [-0.1, -0.05) is 80.4 Å². The van der Waals surface area contributed by atoms with Gasteiger partial charge in [-0.05, 0) is 56.6 Å². The lowest BCUT2D eigenvalue weighted by Crippen LogP contribution is -2.50. The number of amides is 4. The Morgan fingerprint density at radius 2 is 1.49 bits per heavy atom. The number of hydrogen-bond acceptors (Lipinski definition) is 9. The van der Waals surface area contributed by atoms with Crippen LogP contribution in [0.5, 0.6) is 0 Å². The predicted molar refractivity (Wildman–Crippen MR) is 186 cm³/mol. The van der Waals surface area contributed by atoms with Crippen molar-refractivity contribution in [2.75, 3.05) is 13.1 Å². The lowest BCUT2D eigenvalue weighted by Gasteiger charge is -2.30. The van der Waals surface area contributed by atoms with Crippen LogP contribution in [0.15, 0.2) is 60.7 Å². The van der Waals surface area contributed by atoms with E-state index in [9.17, 15) is 38.5 Å². The van der Waals surface area contributed by atoms with Crippen LogP contribution in [0.25, 0.3) is 0 Å². The highest BCUT2D eigenvalue weighted by Crippen LogP contribution is 2.49. The van der Waals surface area contributed by atoms with Crippen molar-refractivity contribution in [1.82, 2.24) is 20.9 Å². The van der Waals surface area contributed by atoms with Gasteiger partial charge in [0.15, 0.2) is 0 Å². The first-order valence-electron chi connectivity index (χ1n) is 17.2. The van der Waals surface area contributed by atoms with Crippen LogP contribution in [-0.2, 0) is 46.2 Å². The number of rotatable bonds is 20. The van der Waals surface area contributed by atoms with Gasteiger partial charge in [-0.3, -0.25) is 18.7 Å². The number of unbranched alkanes of at least 4 members (excludes halogenated alkanes) is 2. The number of carboxylic acids is 1. The fourth-order valence-electron chi connectivity index (χ4n) is 5.46. The molecule has 1 heterocycles. The van der Waals surface area contributed by atoms with E-state index in [-0.39, 0.29) is 45.6 Å². The van der Waals surface area contributed by atoms with Crippen molar-refractivity contribution in [2.24, 2.45) is 0 Å². The Morgan fingerprint density at radius 3 is 2.08 bits per heavy atom. The highest BCUT2D eigenvalue weighted by atomic mass is 31.2. The Labute approximate surface area is 297 Å². The molecule has 5 atom stereocenters. The van der Waals surface area contributed by atoms with E-state index in [1.54, 1.807) is 24.3 Å². The van der Waals surface area contributed by atoms with Gasteiger partial charge < -0.3 is 40.3 Å². The molecule has 15 nitrogen and oxygen atoms in total. The van der Waals surface area contributed by atoms with Crippen molar-refractivity contribution in [3.05, 3.63) is 71.8 Å². The van der Waals surface area contributed by atoms with E-state index in [1.807, 2.05) is 43.3 Å². The summed E-state index contributed by atoms with van der Waals surface area (Å²) < 4.78 is 29.5. The number of nitrogens with one attached hydrogen (secondary N) is 3. The number of nitrogens with zero attached hydrogens (tertiary/aromatic N) is 1. The van der Waals surface area contributed by atoms with Gasteiger partial charge in [0.05, 0.1) is 0 Å². The van der Waals surface area contributed by atoms with Crippen molar-refractivity contribution in [1.29, 1.82) is 0 Å². The molecule has 0 saturated carbocycles. The summed E-state index contributed by atoms with van der Waals surface area (Å²) >= 11 is 0. The molecule has 51 heavy (non-hydrogen) atoms. The minimum Gasteiger partial charge on any atom is -0.480 e. The minimum atomic E-state index is -4.72. The van der Waals surface area contributed by atoms with Crippen LogP contribution in [0.1, 0.15) is 76.3 Å². The molecule has 2 aromatic carbocycles. The number of carbonyl (C=O) groups is 5. The van der Waals surface area contributed by atoms with E-state index >= 15 is 0 Å². The molecule has 4 amide bonds. The summed E-state index contributed by atoms with van der Waals surface area (Å²) in [6.45, 7) is 3.57. The van der Waals surface area contributed by atoms with Gasteiger partial charge in [-0.2, -0.15) is 0 Å². The molecule has 0 bridgehead atoms. The third kappa shape index (κ3) is 14.0. The number of aliphatic carboxylic acids is 1. The molecule has 1 saturated heterocycles. The topological polar surface area (TPSA) is 210 Å². The highest BCUT2D eigenvalue weighted by Gasteiger charge is 2.41. The number of alkyl carbamates (subject to hydrolysis) is 2. The first-order valence-corrected chi connectivity index (χ1v) is 18.8. The summed E-state index contributed by atoms with van der Waals surface area (Å²) in [4.78, 5) is 75.3. The summed E-state index contributed by atoms with van der Waals surface area (Å²) in [5.41, 5.74) is 1.56. The van der Waals surface area contributed by atoms with Crippen molar-refractivity contribution in [2.45, 2.75) is 102 Å². The Bertz CT molecular complexity index is 1480. The Balaban J connectivity index is 1.63. The molecule has 280 valence electrons. The molecule has 16 heteroatoms. The summed E-state index contributed by atoms with van der Waals surface area (Å²) in [7, 11) is -4.72. The number of carboxylic acid groups (broad SMARTS) is 1. The first-order chi connectivity index (χ1) is 24.4. The number of hydrogen-bond donors (Lipinski definition) is 5.